The second-order valence-corrected chi connectivity index (χ2v) is 8.09. The molecule has 2 saturated heterocycles. The number of carbonyl (C=O) groups excluding carboxylic acids is 1. The predicted molar refractivity (Wildman–Crippen MR) is 111 cm³/mol. The maximum atomic E-state index is 12.7. The van der Waals surface area contributed by atoms with Crippen LogP contribution < -0.4 is 4.90 Å². The van der Waals surface area contributed by atoms with Gasteiger partial charge in [-0.2, -0.15) is 0 Å². The molecule has 0 bridgehead atoms. The van der Waals surface area contributed by atoms with Crippen LogP contribution in [0, 0.1) is 0 Å². The minimum atomic E-state index is -0.470. The fourth-order valence-corrected chi connectivity index (χ4v) is 4.29. The van der Waals surface area contributed by atoms with Crippen LogP contribution in [0.2, 0.25) is 0 Å². The zero-order valence-electron chi connectivity index (χ0n) is 16.9. The van der Waals surface area contributed by atoms with Crippen LogP contribution in [0.25, 0.3) is 0 Å². The summed E-state index contributed by atoms with van der Waals surface area (Å²) in [6.07, 6.45) is 3.86. The van der Waals surface area contributed by atoms with E-state index in [9.17, 15) is 9.18 Å². The molecule has 3 heterocycles. The quantitative estimate of drug-likeness (QED) is 0.776. The number of nitrogens with zero attached hydrogens (tertiary/aromatic N) is 3. The van der Waals surface area contributed by atoms with E-state index in [2.05, 4.69) is 9.88 Å². The predicted octanol–water partition coefficient (Wildman–Crippen LogP) is 3.38. The molecule has 1 aromatic heterocycles. The minimum absolute atomic E-state index is 0.0343. The minimum Gasteiger partial charge on any atom is -0.360 e. The Morgan fingerprint density at radius 3 is 2.59 bits per heavy atom. The number of rotatable bonds is 5. The highest BCUT2D eigenvalue weighted by atomic mass is 19.1. The Morgan fingerprint density at radius 2 is 1.93 bits per heavy atom. The summed E-state index contributed by atoms with van der Waals surface area (Å²) in [5.41, 5.74) is 2.28. The molecule has 1 atom stereocenters. The van der Waals surface area contributed by atoms with Crippen molar-refractivity contribution in [2.45, 2.75) is 44.6 Å². The Hall–Kier alpha value is -2.31. The third-order valence-corrected chi connectivity index (χ3v) is 6.05. The fraction of sp³-hybridized carbons (Fsp3) is 0.478. The van der Waals surface area contributed by atoms with Crippen molar-refractivity contribution in [2.24, 2.45) is 0 Å². The van der Waals surface area contributed by atoms with Gasteiger partial charge in [-0.15, -0.1) is 0 Å². The molecule has 0 aliphatic carbocycles. The summed E-state index contributed by atoms with van der Waals surface area (Å²) >= 11 is 0. The molecule has 0 N–H and O–H groups in total. The van der Waals surface area contributed by atoms with Gasteiger partial charge >= 0.3 is 0 Å². The summed E-state index contributed by atoms with van der Waals surface area (Å²) in [6.45, 7) is 4.80. The van der Waals surface area contributed by atoms with E-state index in [4.69, 9.17) is 4.74 Å². The Balaban J connectivity index is 1.35. The number of hydrogen-bond acceptors (Lipinski definition) is 4. The molecule has 29 heavy (non-hydrogen) atoms. The number of alkyl halides is 1. The number of pyridine rings is 1. The fourth-order valence-electron chi connectivity index (χ4n) is 4.29. The van der Waals surface area contributed by atoms with Crippen LogP contribution in [0.1, 0.15) is 31.0 Å². The molecule has 1 spiro atoms. The van der Waals surface area contributed by atoms with Crippen LogP contribution in [-0.2, 0) is 22.6 Å². The number of halogens is 1. The van der Waals surface area contributed by atoms with Crippen molar-refractivity contribution in [3.05, 3.63) is 59.9 Å². The van der Waals surface area contributed by atoms with Crippen molar-refractivity contribution in [1.82, 2.24) is 9.88 Å². The molecule has 2 aromatic rings. The summed E-state index contributed by atoms with van der Waals surface area (Å²) in [7, 11) is 0. The molecule has 0 radical (unpaired) electrons. The van der Waals surface area contributed by atoms with E-state index in [1.54, 1.807) is 12.3 Å². The van der Waals surface area contributed by atoms with E-state index in [1.807, 2.05) is 48.2 Å². The molecule has 1 unspecified atom stereocenters. The highest BCUT2D eigenvalue weighted by Crippen LogP contribution is 2.35. The van der Waals surface area contributed by atoms with Gasteiger partial charge in [0.2, 0.25) is 0 Å². The number of benzene rings is 1. The number of likely N-dealkylation sites (tertiary alicyclic amines) is 1. The molecule has 2 aliphatic rings. The van der Waals surface area contributed by atoms with Crippen molar-refractivity contribution in [1.29, 1.82) is 0 Å². The van der Waals surface area contributed by atoms with E-state index in [0.717, 1.165) is 50.3 Å². The molecule has 6 heteroatoms. The average molecular weight is 397 g/mol. The van der Waals surface area contributed by atoms with E-state index >= 15 is 0 Å². The Kier molecular flexibility index (Phi) is 5.92. The molecule has 1 aromatic carbocycles. The second-order valence-electron chi connectivity index (χ2n) is 8.09. The standard InChI is InChI=1S/C23H28FN3O2/c1-18-22(28)27(21-5-3-2-4-6-21)17-23(29-18)10-13-26(14-11-23)12-9-20-8-7-19(15-24)16-25-20/h2-8,16,18H,9-15,17H2,1H3. The van der Waals surface area contributed by atoms with Gasteiger partial charge < -0.3 is 14.5 Å². The van der Waals surface area contributed by atoms with Crippen LogP contribution in [0.3, 0.4) is 0 Å². The number of piperidine rings is 1. The van der Waals surface area contributed by atoms with Crippen LogP contribution in [-0.4, -0.2) is 53.7 Å². The Bertz CT molecular complexity index is 820. The monoisotopic (exact) mass is 397 g/mol. The number of ether oxygens (including phenoxy) is 1. The molecule has 4 rings (SSSR count). The lowest BCUT2D eigenvalue weighted by Crippen LogP contribution is -2.61. The number of carbonyl (C=O) groups is 1. The molecule has 154 valence electrons. The van der Waals surface area contributed by atoms with Gasteiger partial charge in [-0.3, -0.25) is 9.78 Å². The van der Waals surface area contributed by atoms with E-state index in [1.165, 1.54) is 0 Å². The van der Waals surface area contributed by atoms with E-state index in [-0.39, 0.29) is 11.5 Å². The van der Waals surface area contributed by atoms with Crippen LogP contribution in [0.4, 0.5) is 10.1 Å². The van der Waals surface area contributed by atoms with Crippen molar-refractivity contribution >= 4 is 11.6 Å². The lowest BCUT2D eigenvalue weighted by molar-refractivity contribution is -0.161. The van der Waals surface area contributed by atoms with Gasteiger partial charge in [0.1, 0.15) is 12.8 Å². The van der Waals surface area contributed by atoms with E-state index in [0.29, 0.717) is 12.1 Å². The van der Waals surface area contributed by atoms with Crippen molar-refractivity contribution in [3.63, 3.8) is 0 Å². The maximum absolute atomic E-state index is 12.7. The Morgan fingerprint density at radius 1 is 1.17 bits per heavy atom. The average Bonchev–Trinajstić information content (AvgIpc) is 2.77. The molecule has 5 nitrogen and oxygen atoms in total. The number of anilines is 1. The molecule has 2 aliphatic heterocycles. The van der Waals surface area contributed by atoms with Crippen LogP contribution in [0.5, 0.6) is 0 Å². The normalized spacial score (nSPS) is 22.2. The van der Waals surface area contributed by atoms with Gasteiger partial charge in [-0.25, -0.2) is 4.39 Å². The summed E-state index contributed by atoms with van der Waals surface area (Å²) in [6, 6.07) is 13.6. The summed E-state index contributed by atoms with van der Waals surface area (Å²) in [5, 5.41) is 0. The molecule has 2 fully saturated rings. The summed E-state index contributed by atoms with van der Waals surface area (Å²) in [4.78, 5) is 21.3. The number of para-hydroxylation sites is 1. The first-order valence-electron chi connectivity index (χ1n) is 10.3. The first-order valence-corrected chi connectivity index (χ1v) is 10.3. The first kappa shape index (κ1) is 20.0. The number of amides is 1. The van der Waals surface area contributed by atoms with Gasteiger partial charge in [0.15, 0.2) is 0 Å². The van der Waals surface area contributed by atoms with Gasteiger partial charge in [0, 0.05) is 49.2 Å². The summed E-state index contributed by atoms with van der Waals surface area (Å²) < 4.78 is 18.9. The zero-order chi connectivity index (χ0) is 20.3. The van der Waals surface area contributed by atoms with Crippen molar-refractivity contribution in [3.8, 4) is 0 Å². The third-order valence-electron chi connectivity index (χ3n) is 6.05. The summed E-state index contributed by atoms with van der Waals surface area (Å²) in [5.74, 6) is 0.0343. The second kappa shape index (κ2) is 8.59. The SMILES string of the molecule is CC1OC2(CCN(CCc3ccc(CF)cn3)CC2)CN(c2ccccc2)C1=O. The number of hydrogen-bond donors (Lipinski definition) is 0. The topological polar surface area (TPSA) is 45.7 Å². The lowest BCUT2D eigenvalue weighted by Gasteiger charge is -2.49. The molecule has 0 saturated carbocycles. The third kappa shape index (κ3) is 4.49. The van der Waals surface area contributed by atoms with E-state index < -0.39 is 12.8 Å². The van der Waals surface area contributed by atoms with Crippen molar-refractivity contribution in [2.75, 3.05) is 31.1 Å². The molecular formula is C23H28FN3O2. The zero-order valence-corrected chi connectivity index (χ0v) is 16.9. The van der Waals surface area contributed by atoms with Crippen LogP contribution in [0.15, 0.2) is 48.7 Å². The van der Waals surface area contributed by atoms with Crippen molar-refractivity contribution < 1.29 is 13.9 Å². The lowest BCUT2D eigenvalue weighted by atomic mass is 9.88. The number of morpholine rings is 1. The van der Waals surface area contributed by atoms with Gasteiger partial charge in [0.25, 0.3) is 5.91 Å². The smallest absolute Gasteiger partial charge is 0.255 e. The highest BCUT2D eigenvalue weighted by molar-refractivity contribution is 5.97. The van der Waals surface area contributed by atoms with Gasteiger partial charge in [0.05, 0.1) is 12.1 Å². The largest absolute Gasteiger partial charge is 0.360 e. The van der Waals surface area contributed by atoms with Gasteiger partial charge in [-0.1, -0.05) is 24.3 Å². The Labute approximate surface area is 171 Å². The van der Waals surface area contributed by atoms with Gasteiger partial charge in [-0.05, 0) is 38.0 Å². The number of aromatic nitrogens is 1. The highest BCUT2D eigenvalue weighted by Gasteiger charge is 2.45. The molecular weight excluding hydrogens is 369 g/mol. The first-order chi connectivity index (χ1) is 14.1. The van der Waals surface area contributed by atoms with Crippen LogP contribution >= 0.6 is 0 Å². The maximum Gasteiger partial charge on any atom is 0.255 e. The molecule has 1 amide bonds.